The smallest absolute Gasteiger partial charge is 0.242 e. The van der Waals surface area contributed by atoms with Gasteiger partial charge in [0.2, 0.25) is 10.0 Å². The number of nitrogens with zero attached hydrogens (tertiary/aromatic N) is 1. The summed E-state index contributed by atoms with van der Waals surface area (Å²) in [5, 5.41) is 0.102. The molecule has 1 unspecified atom stereocenters. The molecule has 2 aromatic rings. The first kappa shape index (κ1) is 15.1. The van der Waals surface area contributed by atoms with Gasteiger partial charge < -0.3 is 10.7 Å². The van der Waals surface area contributed by atoms with Gasteiger partial charge in [-0.25, -0.2) is 18.1 Å². The molecule has 1 heterocycles. The van der Waals surface area contributed by atoms with E-state index >= 15 is 0 Å². The zero-order valence-electron chi connectivity index (χ0n) is 10.4. The highest BCUT2D eigenvalue weighted by Gasteiger charge is 2.24. The van der Waals surface area contributed by atoms with Crippen molar-refractivity contribution in [1.29, 1.82) is 0 Å². The van der Waals surface area contributed by atoms with Crippen LogP contribution >= 0.6 is 23.2 Å². The minimum atomic E-state index is -3.84. The largest absolute Gasteiger partial charge is 0.396 e. The Morgan fingerprint density at radius 2 is 2.10 bits per heavy atom. The minimum absolute atomic E-state index is 0.0295. The molecule has 108 valence electrons. The molecule has 0 saturated carbocycles. The molecular weight excluding hydrogens is 323 g/mol. The van der Waals surface area contributed by atoms with Crippen LogP contribution in [0.2, 0.25) is 10.0 Å². The van der Waals surface area contributed by atoms with Crippen LogP contribution in [-0.4, -0.2) is 18.4 Å². The van der Waals surface area contributed by atoms with Crippen molar-refractivity contribution < 1.29 is 8.42 Å². The van der Waals surface area contributed by atoms with Gasteiger partial charge in [0.1, 0.15) is 10.7 Å². The Labute approximate surface area is 126 Å². The molecule has 0 amide bonds. The molecule has 0 radical (unpaired) electrons. The molecule has 6 nitrogen and oxygen atoms in total. The fraction of sp³-hybridized carbons (Fsp3) is 0.182. The number of sulfonamides is 1. The van der Waals surface area contributed by atoms with Gasteiger partial charge in [-0.1, -0.05) is 23.2 Å². The van der Waals surface area contributed by atoms with E-state index in [1.807, 2.05) is 0 Å². The second-order valence-corrected chi connectivity index (χ2v) is 6.56. The molecule has 0 bridgehead atoms. The second-order valence-electron chi connectivity index (χ2n) is 4.09. The van der Waals surface area contributed by atoms with Crippen LogP contribution in [0.4, 0.5) is 5.69 Å². The number of nitrogens with one attached hydrogen (secondary N) is 2. The summed E-state index contributed by atoms with van der Waals surface area (Å²) >= 11 is 11.7. The van der Waals surface area contributed by atoms with Crippen LogP contribution in [0.25, 0.3) is 0 Å². The molecule has 4 N–H and O–H groups in total. The third-order valence-corrected chi connectivity index (χ3v) is 5.07. The zero-order valence-corrected chi connectivity index (χ0v) is 12.7. The summed E-state index contributed by atoms with van der Waals surface area (Å²) in [4.78, 5) is 6.69. The Morgan fingerprint density at radius 1 is 1.40 bits per heavy atom. The van der Waals surface area contributed by atoms with Gasteiger partial charge in [0.25, 0.3) is 0 Å². The average molecular weight is 335 g/mol. The highest BCUT2D eigenvalue weighted by atomic mass is 35.5. The van der Waals surface area contributed by atoms with Crippen molar-refractivity contribution in [2.24, 2.45) is 0 Å². The lowest BCUT2D eigenvalue weighted by molar-refractivity contribution is 0.561. The Balaban J connectivity index is 2.34. The lowest BCUT2D eigenvalue weighted by Gasteiger charge is -2.14. The predicted octanol–water partition coefficient (Wildman–Crippen LogP) is 2.34. The number of hydrogen-bond acceptors (Lipinski definition) is 4. The van der Waals surface area contributed by atoms with Gasteiger partial charge in [-0.2, -0.15) is 0 Å². The average Bonchev–Trinajstić information content (AvgIpc) is 2.89. The number of halogens is 2. The summed E-state index contributed by atoms with van der Waals surface area (Å²) in [6.45, 7) is 1.66. The Hall–Kier alpha value is -1.28. The normalized spacial score (nSPS) is 13.3. The third kappa shape index (κ3) is 2.90. The fourth-order valence-corrected chi connectivity index (χ4v) is 3.60. The molecule has 1 aromatic heterocycles. The van der Waals surface area contributed by atoms with Gasteiger partial charge in [-0.15, -0.1) is 0 Å². The van der Waals surface area contributed by atoms with Gasteiger partial charge >= 0.3 is 0 Å². The van der Waals surface area contributed by atoms with Gasteiger partial charge in [0.15, 0.2) is 0 Å². The lowest BCUT2D eigenvalue weighted by Crippen LogP contribution is -2.28. The third-order valence-electron chi connectivity index (χ3n) is 2.64. The zero-order chi connectivity index (χ0) is 14.9. The van der Waals surface area contributed by atoms with E-state index in [4.69, 9.17) is 28.9 Å². The summed E-state index contributed by atoms with van der Waals surface area (Å²) in [6, 6.07) is 2.15. The van der Waals surface area contributed by atoms with Crippen molar-refractivity contribution in [1.82, 2.24) is 14.7 Å². The molecule has 0 aliphatic heterocycles. The topological polar surface area (TPSA) is 101 Å². The lowest BCUT2D eigenvalue weighted by atomic mass is 10.3. The van der Waals surface area contributed by atoms with E-state index < -0.39 is 16.1 Å². The van der Waals surface area contributed by atoms with Crippen molar-refractivity contribution in [3.05, 3.63) is 40.4 Å². The molecule has 0 saturated heterocycles. The summed E-state index contributed by atoms with van der Waals surface area (Å²) in [6.07, 6.45) is 3.14. The van der Waals surface area contributed by atoms with Gasteiger partial charge in [-0.05, 0) is 19.1 Å². The molecule has 1 atom stereocenters. The van der Waals surface area contributed by atoms with Crippen LogP contribution in [0.3, 0.4) is 0 Å². The van der Waals surface area contributed by atoms with E-state index in [9.17, 15) is 8.42 Å². The fourth-order valence-electron chi connectivity index (χ4n) is 1.62. The van der Waals surface area contributed by atoms with E-state index in [1.54, 1.807) is 13.1 Å². The van der Waals surface area contributed by atoms with Crippen molar-refractivity contribution in [2.75, 3.05) is 5.73 Å². The van der Waals surface area contributed by atoms with Crippen LogP contribution < -0.4 is 10.5 Å². The summed E-state index contributed by atoms with van der Waals surface area (Å²) in [7, 11) is -3.84. The number of benzene rings is 1. The summed E-state index contributed by atoms with van der Waals surface area (Å²) in [5.74, 6) is 0.492. The van der Waals surface area contributed by atoms with Crippen molar-refractivity contribution in [3.63, 3.8) is 0 Å². The van der Waals surface area contributed by atoms with Crippen LogP contribution in [0.1, 0.15) is 18.8 Å². The van der Waals surface area contributed by atoms with Crippen molar-refractivity contribution >= 4 is 38.9 Å². The number of aromatic nitrogens is 2. The number of nitrogen functional groups attached to an aromatic ring is 1. The van der Waals surface area contributed by atoms with E-state index in [0.717, 1.165) is 0 Å². The molecule has 2 rings (SSSR count). The molecule has 20 heavy (non-hydrogen) atoms. The second kappa shape index (κ2) is 5.61. The summed E-state index contributed by atoms with van der Waals surface area (Å²) in [5.41, 5.74) is 5.66. The standard InChI is InChI=1S/C11H12Cl2N4O2S/c1-6(11-15-4-5-16-11)17-20(18,19)8-3-2-7(12)10(14)9(8)13/h2-6,17H,14H2,1H3,(H,15,16). The maximum Gasteiger partial charge on any atom is 0.242 e. The molecule has 0 aliphatic carbocycles. The number of nitrogens with two attached hydrogens (primary N) is 1. The van der Waals surface area contributed by atoms with E-state index in [2.05, 4.69) is 14.7 Å². The molecular formula is C11H12Cl2N4O2S. The number of H-pyrrole nitrogens is 1. The van der Waals surface area contributed by atoms with Crippen molar-refractivity contribution in [3.8, 4) is 0 Å². The maximum atomic E-state index is 12.3. The molecule has 9 heteroatoms. The first-order valence-corrected chi connectivity index (χ1v) is 7.82. The van der Waals surface area contributed by atoms with Crippen LogP contribution in [0.15, 0.2) is 29.4 Å². The van der Waals surface area contributed by atoms with Gasteiger partial charge in [0.05, 0.1) is 21.8 Å². The Morgan fingerprint density at radius 3 is 2.70 bits per heavy atom. The first-order chi connectivity index (χ1) is 9.33. The van der Waals surface area contributed by atoms with Gasteiger partial charge in [-0.3, -0.25) is 0 Å². The predicted molar refractivity (Wildman–Crippen MR) is 78.2 cm³/mol. The van der Waals surface area contributed by atoms with Crippen LogP contribution in [0.5, 0.6) is 0 Å². The number of rotatable bonds is 4. The highest BCUT2D eigenvalue weighted by Crippen LogP contribution is 2.33. The van der Waals surface area contributed by atoms with E-state index in [-0.39, 0.29) is 20.6 Å². The van der Waals surface area contributed by atoms with Crippen LogP contribution in [-0.2, 0) is 10.0 Å². The Kier molecular flexibility index (Phi) is 4.24. The number of hydrogen-bond donors (Lipinski definition) is 3. The number of anilines is 1. The molecule has 0 spiro atoms. The first-order valence-electron chi connectivity index (χ1n) is 5.58. The summed E-state index contributed by atoms with van der Waals surface area (Å²) < 4.78 is 27.0. The Bertz CT molecular complexity index is 716. The molecule has 0 fully saturated rings. The monoisotopic (exact) mass is 334 g/mol. The van der Waals surface area contributed by atoms with E-state index in [0.29, 0.717) is 5.82 Å². The number of aromatic amines is 1. The number of imidazole rings is 1. The van der Waals surface area contributed by atoms with Crippen LogP contribution in [0, 0.1) is 0 Å². The van der Waals surface area contributed by atoms with E-state index in [1.165, 1.54) is 18.3 Å². The molecule has 0 aliphatic rings. The SMILES string of the molecule is CC(NS(=O)(=O)c1ccc(Cl)c(N)c1Cl)c1ncc[nH]1. The molecule has 1 aromatic carbocycles. The maximum absolute atomic E-state index is 12.3. The highest BCUT2D eigenvalue weighted by molar-refractivity contribution is 7.89. The quantitative estimate of drug-likeness (QED) is 0.747. The van der Waals surface area contributed by atoms with Gasteiger partial charge in [0, 0.05) is 12.4 Å². The minimum Gasteiger partial charge on any atom is -0.396 e. The van der Waals surface area contributed by atoms with Crippen molar-refractivity contribution in [2.45, 2.75) is 17.9 Å².